The van der Waals surface area contributed by atoms with Crippen LogP contribution in [0.1, 0.15) is 33.7 Å². The summed E-state index contributed by atoms with van der Waals surface area (Å²) in [7, 11) is 3.65. The molecule has 1 unspecified atom stereocenters. The van der Waals surface area contributed by atoms with Crippen molar-refractivity contribution in [2.45, 2.75) is 13.0 Å². The Hall–Kier alpha value is -3.75. The van der Waals surface area contributed by atoms with E-state index in [1.807, 2.05) is 21.0 Å². The highest BCUT2D eigenvalue weighted by atomic mass is 19.1. The molecular weight excluding hydrogens is 375 g/mol. The van der Waals surface area contributed by atoms with Crippen molar-refractivity contribution in [2.24, 2.45) is 14.1 Å². The molecule has 9 heteroatoms. The molecule has 0 radical (unpaired) electrons. The summed E-state index contributed by atoms with van der Waals surface area (Å²) in [6.07, 6.45) is 5.08. The number of imidazole rings is 1. The summed E-state index contributed by atoms with van der Waals surface area (Å²) in [5.74, 6) is -0.148. The molecule has 0 saturated carbocycles. The number of carbonyl (C=O) groups excluding carboxylic acids is 1. The molecule has 3 heterocycles. The lowest BCUT2D eigenvalue weighted by atomic mass is 10.1. The Bertz CT molecular complexity index is 1160. The number of nitrogens with zero attached hydrogens (tertiary/aromatic N) is 5. The zero-order chi connectivity index (χ0) is 20.5. The second kappa shape index (κ2) is 7.34. The molecule has 29 heavy (non-hydrogen) atoms. The van der Waals surface area contributed by atoms with Crippen LogP contribution in [0.25, 0.3) is 11.3 Å². The molecule has 3 aromatic heterocycles. The average Bonchev–Trinajstić information content (AvgIpc) is 3.42. The molecular formula is C20H19FN6O2. The quantitative estimate of drug-likeness (QED) is 0.562. The average molecular weight is 394 g/mol. The molecule has 4 rings (SSSR count). The summed E-state index contributed by atoms with van der Waals surface area (Å²) in [6, 6.07) is 6.89. The smallest absolute Gasteiger partial charge is 0.290 e. The van der Waals surface area contributed by atoms with Gasteiger partial charge >= 0.3 is 0 Å². The number of hydrogen-bond acceptors (Lipinski definition) is 5. The van der Waals surface area contributed by atoms with Crippen LogP contribution in [-0.4, -0.2) is 30.4 Å². The number of rotatable bonds is 5. The Morgan fingerprint density at radius 3 is 2.62 bits per heavy atom. The van der Waals surface area contributed by atoms with E-state index in [0.717, 1.165) is 11.3 Å². The molecule has 1 atom stereocenters. The van der Waals surface area contributed by atoms with Crippen LogP contribution in [-0.2, 0) is 14.1 Å². The fourth-order valence-electron chi connectivity index (χ4n) is 3.07. The van der Waals surface area contributed by atoms with Gasteiger partial charge in [-0.25, -0.2) is 9.37 Å². The van der Waals surface area contributed by atoms with Gasteiger partial charge in [-0.1, -0.05) is 17.3 Å². The van der Waals surface area contributed by atoms with Gasteiger partial charge in [-0.3, -0.25) is 9.48 Å². The number of aromatic nitrogens is 5. The van der Waals surface area contributed by atoms with Crippen molar-refractivity contribution in [3.8, 4) is 11.3 Å². The highest BCUT2D eigenvalue weighted by Crippen LogP contribution is 2.24. The van der Waals surface area contributed by atoms with Crippen molar-refractivity contribution in [2.75, 3.05) is 0 Å². The van der Waals surface area contributed by atoms with Crippen LogP contribution in [0.2, 0.25) is 0 Å². The predicted molar refractivity (Wildman–Crippen MR) is 102 cm³/mol. The number of benzene rings is 1. The van der Waals surface area contributed by atoms with Gasteiger partial charge < -0.3 is 14.4 Å². The Balaban J connectivity index is 1.63. The van der Waals surface area contributed by atoms with E-state index in [2.05, 4.69) is 20.6 Å². The number of carbonyl (C=O) groups is 1. The van der Waals surface area contributed by atoms with E-state index in [-0.39, 0.29) is 11.6 Å². The monoisotopic (exact) mass is 394 g/mol. The maximum Gasteiger partial charge on any atom is 0.290 e. The minimum atomic E-state index is -0.586. The summed E-state index contributed by atoms with van der Waals surface area (Å²) in [5.41, 5.74) is 2.91. The van der Waals surface area contributed by atoms with Gasteiger partial charge in [0.25, 0.3) is 5.91 Å². The van der Waals surface area contributed by atoms with Crippen LogP contribution in [0, 0.1) is 12.7 Å². The Kier molecular flexibility index (Phi) is 4.71. The van der Waals surface area contributed by atoms with Crippen LogP contribution in [0.5, 0.6) is 0 Å². The molecule has 4 aromatic rings. The van der Waals surface area contributed by atoms with Crippen molar-refractivity contribution < 1.29 is 13.7 Å². The fraction of sp³-hybridized carbons (Fsp3) is 0.200. The van der Waals surface area contributed by atoms with Crippen LogP contribution < -0.4 is 5.32 Å². The van der Waals surface area contributed by atoms with Crippen LogP contribution in [0.3, 0.4) is 0 Å². The molecule has 0 aliphatic rings. The second-order valence-electron chi connectivity index (χ2n) is 6.70. The van der Waals surface area contributed by atoms with Gasteiger partial charge in [0.1, 0.15) is 23.4 Å². The van der Waals surface area contributed by atoms with Gasteiger partial charge in [-0.15, -0.1) is 0 Å². The van der Waals surface area contributed by atoms with Gasteiger partial charge in [0.15, 0.2) is 0 Å². The third-order valence-corrected chi connectivity index (χ3v) is 4.84. The third-order valence-electron chi connectivity index (χ3n) is 4.84. The summed E-state index contributed by atoms with van der Waals surface area (Å²) < 4.78 is 22.1. The number of nitrogens with one attached hydrogen (secondary N) is 1. The van der Waals surface area contributed by atoms with Crippen molar-refractivity contribution >= 4 is 5.91 Å². The topological polar surface area (TPSA) is 90.8 Å². The highest BCUT2D eigenvalue weighted by molar-refractivity contribution is 5.92. The minimum Gasteiger partial charge on any atom is -0.350 e. The number of amides is 1. The third kappa shape index (κ3) is 3.54. The van der Waals surface area contributed by atoms with Gasteiger partial charge in [0, 0.05) is 43.8 Å². The molecule has 1 amide bonds. The molecule has 0 saturated heterocycles. The van der Waals surface area contributed by atoms with E-state index in [1.165, 1.54) is 12.1 Å². The first-order chi connectivity index (χ1) is 13.9. The van der Waals surface area contributed by atoms with Crippen LogP contribution in [0.4, 0.5) is 4.39 Å². The predicted octanol–water partition coefficient (Wildman–Crippen LogP) is 2.78. The largest absolute Gasteiger partial charge is 0.350 e. The Morgan fingerprint density at radius 2 is 2.00 bits per heavy atom. The van der Waals surface area contributed by atoms with Crippen molar-refractivity contribution in [3.05, 3.63) is 77.6 Å². The summed E-state index contributed by atoms with van der Waals surface area (Å²) in [5, 5.41) is 11.1. The van der Waals surface area contributed by atoms with E-state index in [9.17, 15) is 9.18 Å². The first-order valence-corrected chi connectivity index (χ1v) is 8.93. The summed E-state index contributed by atoms with van der Waals surface area (Å²) in [4.78, 5) is 17.2. The number of halogens is 1. The number of aryl methyl sites for hydroxylation is 2. The fourth-order valence-corrected chi connectivity index (χ4v) is 3.07. The first-order valence-electron chi connectivity index (χ1n) is 8.93. The lowest BCUT2D eigenvalue weighted by Crippen LogP contribution is -2.30. The van der Waals surface area contributed by atoms with Crippen LogP contribution >= 0.6 is 0 Å². The minimum absolute atomic E-state index is 0.0598. The summed E-state index contributed by atoms with van der Waals surface area (Å²) >= 11 is 0. The first kappa shape index (κ1) is 18.6. The Labute approximate surface area is 166 Å². The molecule has 0 spiro atoms. The molecule has 8 nitrogen and oxygen atoms in total. The zero-order valence-electron chi connectivity index (χ0n) is 16.1. The molecule has 1 N–H and O–H groups in total. The van der Waals surface area contributed by atoms with E-state index in [0.29, 0.717) is 17.1 Å². The van der Waals surface area contributed by atoms with Gasteiger partial charge in [-0.2, -0.15) is 5.10 Å². The summed E-state index contributed by atoms with van der Waals surface area (Å²) in [6.45, 7) is 1.91. The van der Waals surface area contributed by atoms with Gasteiger partial charge in [0.05, 0.1) is 6.20 Å². The SMILES string of the molecule is Cc1c(-c2cc(C(=O)NC(c3ccc(F)cc3)c3nccn3C)on2)cnn1C. The standard InChI is InChI=1S/C20H19FN6O2/c1-12-15(11-23-27(12)3)16-10-17(29-25-16)20(28)24-18(19-22-8-9-26(19)2)13-4-6-14(21)7-5-13/h4-11,18H,1-3H3,(H,24,28). The molecule has 0 bridgehead atoms. The number of hydrogen-bond donors (Lipinski definition) is 1. The maximum atomic E-state index is 13.4. The molecule has 0 aliphatic carbocycles. The molecule has 1 aromatic carbocycles. The van der Waals surface area contributed by atoms with Crippen molar-refractivity contribution in [1.29, 1.82) is 0 Å². The maximum absolute atomic E-state index is 13.4. The molecule has 0 aliphatic heterocycles. The van der Waals surface area contributed by atoms with Crippen molar-refractivity contribution in [1.82, 2.24) is 29.8 Å². The molecule has 148 valence electrons. The lowest BCUT2D eigenvalue weighted by molar-refractivity contribution is 0.0904. The van der Waals surface area contributed by atoms with Gasteiger partial charge in [0.2, 0.25) is 5.76 Å². The molecule has 0 fully saturated rings. The van der Waals surface area contributed by atoms with E-state index in [1.54, 1.807) is 46.0 Å². The van der Waals surface area contributed by atoms with E-state index in [4.69, 9.17) is 4.52 Å². The Morgan fingerprint density at radius 1 is 1.24 bits per heavy atom. The van der Waals surface area contributed by atoms with E-state index < -0.39 is 11.9 Å². The van der Waals surface area contributed by atoms with Crippen LogP contribution in [0.15, 0.2) is 53.4 Å². The zero-order valence-corrected chi connectivity index (χ0v) is 16.1. The second-order valence-corrected chi connectivity index (χ2v) is 6.70. The highest BCUT2D eigenvalue weighted by Gasteiger charge is 2.24. The normalized spacial score (nSPS) is 12.1. The van der Waals surface area contributed by atoms with E-state index >= 15 is 0 Å². The lowest BCUT2D eigenvalue weighted by Gasteiger charge is -2.18. The van der Waals surface area contributed by atoms with Gasteiger partial charge in [-0.05, 0) is 24.6 Å². The van der Waals surface area contributed by atoms with Crippen molar-refractivity contribution in [3.63, 3.8) is 0 Å².